The summed E-state index contributed by atoms with van der Waals surface area (Å²) in [6.07, 6.45) is -5.10. The molecular weight excluding hydrogens is 401 g/mol. The third kappa shape index (κ3) is 4.86. The van der Waals surface area contributed by atoms with Crippen molar-refractivity contribution in [3.05, 3.63) is 23.8 Å². The third-order valence-electron chi connectivity index (χ3n) is 5.18. The quantitative estimate of drug-likeness (QED) is 0.801. The van der Waals surface area contributed by atoms with Gasteiger partial charge >= 0.3 is 12.3 Å². The Morgan fingerprint density at radius 3 is 2.53 bits per heavy atom. The van der Waals surface area contributed by atoms with Crippen LogP contribution < -0.4 is 15.2 Å². The van der Waals surface area contributed by atoms with E-state index in [0.29, 0.717) is 17.9 Å². The molecule has 3 rings (SSSR count). The molecule has 2 heterocycles. The zero-order chi connectivity index (χ0) is 22.2. The first kappa shape index (κ1) is 22.4. The fourth-order valence-corrected chi connectivity index (χ4v) is 4.01. The fraction of sp³-hybridized carbons (Fsp3) is 0.600. The van der Waals surface area contributed by atoms with Crippen LogP contribution in [0.2, 0.25) is 0 Å². The number of anilines is 2. The Morgan fingerprint density at radius 1 is 1.23 bits per heavy atom. The molecule has 30 heavy (non-hydrogen) atoms. The predicted molar refractivity (Wildman–Crippen MR) is 106 cm³/mol. The van der Waals surface area contributed by atoms with E-state index in [4.69, 9.17) is 4.74 Å². The topological polar surface area (TPSA) is 65.1 Å². The van der Waals surface area contributed by atoms with Gasteiger partial charge < -0.3 is 9.64 Å². The van der Waals surface area contributed by atoms with Crippen LogP contribution in [0.5, 0.6) is 0 Å². The molecule has 1 aromatic rings. The normalized spacial score (nSPS) is 22.4. The van der Waals surface area contributed by atoms with Gasteiger partial charge in [-0.1, -0.05) is 6.07 Å². The van der Waals surface area contributed by atoms with Crippen molar-refractivity contribution in [1.82, 2.24) is 10.4 Å². The molecule has 0 spiro atoms. The maximum Gasteiger partial charge on any atom is 0.414 e. The number of benzene rings is 1. The summed E-state index contributed by atoms with van der Waals surface area (Å²) in [5, 5.41) is 1.15. The van der Waals surface area contributed by atoms with Gasteiger partial charge in [0.1, 0.15) is 6.54 Å². The average Bonchev–Trinajstić information content (AvgIpc) is 3.06. The Morgan fingerprint density at radius 2 is 1.93 bits per heavy atom. The van der Waals surface area contributed by atoms with E-state index in [1.807, 2.05) is 13.0 Å². The number of halogens is 3. The van der Waals surface area contributed by atoms with Crippen LogP contribution >= 0.6 is 0 Å². The van der Waals surface area contributed by atoms with Crippen LogP contribution in [0.15, 0.2) is 18.2 Å². The Labute approximate surface area is 173 Å². The maximum atomic E-state index is 12.7. The lowest BCUT2D eigenvalue weighted by atomic mass is 9.97. The van der Waals surface area contributed by atoms with Crippen molar-refractivity contribution >= 4 is 23.4 Å². The van der Waals surface area contributed by atoms with E-state index in [9.17, 15) is 22.8 Å². The van der Waals surface area contributed by atoms with Crippen molar-refractivity contribution in [3.8, 4) is 0 Å². The number of alkyl halides is 3. The highest BCUT2D eigenvalue weighted by Crippen LogP contribution is 2.39. The number of amides is 2. The highest BCUT2D eigenvalue weighted by atomic mass is 19.4. The average molecular weight is 428 g/mol. The number of fused-ring (bicyclic) bond motifs is 1. The maximum absolute atomic E-state index is 12.7. The van der Waals surface area contributed by atoms with Gasteiger partial charge in [-0.05, 0) is 38.5 Å². The molecule has 166 valence electrons. The molecule has 1 N–H and O–H groups in total. The Balaban J connectivity index is 1.91. The molecule has 1 fully saturated rings. The fourth-order valence-electron chi connectivity index (χ4n) is 4.01. The third-order valence-corrected chi connectivity index (χ3v) is 5.18. The van der Waals surface area contributed by atoms with Gasteiger partial charge in [0.25, 0.3) is 0 Å². The largest absolute Gasteiger partial charge is 0.446 e. The molecule has 0 saturated carbocycles. The smallest absolute Gasteiger partial charge is 0.414 e. The van der Waals surface area contributed by atoms with E-state index >= 15 is 0 Å². The second-order valence-electron chi connectivity index (χ2n) is 8.08. The molecule has 2 amide bonds. The van der Waals surface area contributed by atoms with Crippen molar-refractivity contribution in [2.24, 2.45) is 0 Å². The summed E-state index contributed by atoms with van der Waals surface area (Å²) < 4.78 is 43.4. The number of rotatable bonds is 3. The van der Waals surface area contributed by atoms with Gasteiger partial charge in [-0.2, -0.15) is 13.2 Å². The van der Waals surface area contributed by atoms with E-state index in [1.54, 1.807) is 30.9 Å². The summed E-state index contributed by atoms with van der Waals surface area (Å²) in [6.45, 7) is 6.62. The summed E-state index contributed by atoms with van der Waals surface area (Å²) in [7, 11) is 0. The lowest BCUT2D eigenvalue weighted by Crippen LogP contribution is -2.51. The molecular formula is C20H27F3N4O3. The van der Waals surface area contributed by atoms with Crippen LogP contribution in [0, 0.1) is 0 Å². The Kier molecular flexibility index (Phi) is 6.28. The summed E-state index contributed by atoms with van der Waals surface area (Å²) in [6, 6.07) is 5.10. The minimum absolute atomic E-state index is 0.146. The van der Waals surface area contributed by atoms with Gasteiger partial charge in [-0.15, -0.1) is 0 Å². The van der Waals surface area contributed by atoms with Crippen molar-refractivity contribution in [1.29, 1.82) is 0 Å². The van der Waals surface area contributed by atoms with Crippen molar-refractivity contribution < 1.29 is 27.5 Å². The molecule has 7 nitrogen and oxygen atoms in total. The number of hydrazine groups is 1. The van der Waals surface area contributed by atoms with Crippen LogP contribution in [-0.2, 0) is 9.53 Å². The molecule has 2 aliphatic heterocycles. The van der Waals surface area contributed by atoms with Gasteiger partial charge in [0.05, 0.1) is 23.5 Å². The van der Waals surface area contributed by atoms with Crippen molar-refractivity contribution in [2.75, 3.05) is 36.0 Å². The van der Waals surface area contributed by atoms with Crippen molar-refractivity contribution in [3.63, 3.8) is 0 Å². The number of ether oxygens (including phenoxy) is 1. The molecule has 0 aromatic heterocycles. The monoisotopic (exact) mass is 428 g/mol. The summed E-state index contributed by atoms with van der Waals surface area (Å²) in [4.78, 5) is 28.0. The van der Waals surface area contributed by atoms with Crippen LogP contribution in [0.25, 0.3) is 0 Å². The minimum Gasteiger partial charge on any atom is -0.446 e. The molecule has 1 aromatic carbocycles. The second-order valence-corrected chi connectivity index (χ2v) is 8.08. The van der Waals surface area contributed by atoms with E-state index in [-0.39, 0.29) is 37.1 Å². The van der Waals surface area contributed by atoms with Gasteiger partial charge in [-0.3, -0.25) is 15.1 Å². The van der Waals surface area contributed by atoms with Gasteiger partial charge in [-0.25, -0.2) is 9.80 Å². The van der Waals surface area contributed by atoms with Crippen LogP contribution in [0.1, 0.15) is 39.2 Å². The summed E-state index contributed by atoms with van der Waals surface area (Å²) in [5.74, 6) is -0.321. The summed E-state index contributed by atoms with van der Waals surface area (Å²) in [5.41, 5.74) is 4.69. The zero-order valence-electron chi connectivity index (χ0n) is 17.5. The molecule has 2 aliphatic rings. The lowest BCUT2D eigenvalue weighted by molar-refractivity contribution is -0.148. The number of hydrogen-bond acceptors (Lipinski definition) is 5. The molecule has 2 atom stereocenters. The number of nitrogens with zero attached hydrogens (tertiary/aromatic N) is 3. The predicted octanol–water partition coefficient (Wildman–Crippen LogP) is 3.26. The molecule has 0 aliphatic carbocycles. The first-order chi connectivity index (χ1) is 14.0. The van der Waals surface area contributed by atoms with Crippen LogP contribution in [0.3, 0.4) is 0 Å². The highest BCUT2D eigenvalue weighted by Gasteiger charge is 2.37. The molecule has 1 unspecified atom stereocenters. The molecule has 0 radical (unpaired) electrons. The van der Waals surface area contributed by atoms with Crippen LogP contribution in [0.4, 0.5) is 29.3 Å². The molecule has 0 bridgehead atoms. The number of carbonyl (C=O) groups is 2. The van der Waals surface area contributed by atoms with Crippen LogP contribution in [-0.4, -0.2) is 61.5 Å². The standard InChI is InChI=1S/C20H27F3N4O3/c1-12(2)30-19(29)26-9-13(3)27(14(4)28)17-6-5-15(7-18(17)26)16-8-24-25(10-16)11-20(21,22)23/h5-7,12-13,16,24H,8-11H2,1-4H3/t13-,16?/m0/s1. The van der Waals surface area contributed by atoms with Gasteiger partial charge in [0.15, 0.2) is 0 Å². The van der Waals surface area contributed by atoms with E-state index in [0.717, 1.165) is 10.6 Å². The Hall–Kier alpha value is -2.33. The van der Waals surface area contributed by atoms with Gasteiger partial charge in [0.2, 0.25) is 5.91 Å². The second kappa shape index (κ2) is 8.43. The van der Waals surface area contributed by atoms with E-state index < -0.39 is 18.8 Å². The van der Waals surface area contributed by atoms with E-state index in [1.165, 1.54) is 11.8 Å². The molecule has 1 saturated heterocycles. The zero-order valence-corrected chi connectivity index (χ0v) is 17.5. The number of carbonyl (C=O) groups excluding carboxylic acids is 2. The lowest BCUT2D eigenvalue weighted by Gasteiger charge is -2.40. The highest BCUT2D eigenvalue weighted by molar-refractivity contribution is 6.02. The van der Waals surface area contributed by atoms with Crippen molar-refractivity contribution in [2.45, 2.75) is 51.9 Å². The Bertz CT molecular complexity index is 815. The molecule has 10 heteroatoms. The first-order valence-corrected chi connectivity index (χ1v) is 9.93. The van der Waals surface area contributed by atoms with E-state index in [2.05, 4.69) is 5.43 Å². The number of hydrogen-bond donors (Lipinski definition) is 1. The minimum atomic E-state index is -4.28. The number of nitrogens with one attached hydrogen (secondary N) is 1. The van der Waals surface area contributed by atoms with Gasteiger partial charge in [0, 0.05) is 32.5 Å². The first-order valence-electron chi connectivity index (χ1n) is 9.93. The SMILES string of the molecule is CC(=O)N1c2ccc(C3CNN(CC(F)(F)F)C3)cc2N(C(=O)OC(C)C)C[C@@H]1C. The summed E-state index contributed by atoms with van der Waals surface area (Å²) >= 11 is 0.